The average molecular weight is 299 g/mol. The van der Waals surface area contributed by atoms with Gasteiger partial charge in [-0.1, -0.05) is 87.6 Å². The first-order valence-corrected chi connectivity index (χ1v) is 14.0. The summed E-state index contributed by atoms with van der Waals surface area (Å²) in [5.74, 6) is 0. The average Bonchev–Trinajstić information content (AvgIpc) is 2.53. The highest BCUT2D eigenvalue weighted by Gasteiger charge is 2.27. The molecule has 0 amide bonds. The van der Waals surface area contributed by atoms with E-state index in [2.05, 4.69) is 87.6 Å². The lowest BCUT2D eigenvalue weighted by atomic mass is 10.2. The summed E-state index contributed by atoms with van der Waals surface area (Å²) in [6, 6.07) is 22.2. The maximum atomic E-state index is 2.59. The molecular formula is C18H26Si2. The van der Waals surface area contributed by atoms with Crippen LogP contribution in [0.25, 0.3) is 0 Å². The van der Waals surface area contributed by atoms with E-state index < -0.39 is 16.6 Å². The van der Waals surface area contributed by atoms with Crippen LogP contribution in [-0.2, 0) is 0 Å². The summed E-state index contributed by atoms with van der Waals surface area (Å²) in [4.78, 5) is 0. The van der Waals surface area contributed by atoms with Crippen LogP contribution in [0.15, 0.2) is 60.7 Å². The molecule has 20 heavy (non-hydrogen) atoms. The first-order valence-electron chi connectivity index (χ1n) is 7.71. The Morgan fingerprint density at radius 3 is 1.20 bits per heavy atom. The van der Waals surface area contributed by atoms with Gasteiger partial charge in [-0.25, -0.2) is 0 Å². The molecule has 2 heteroatoms. The number of hydrogen-bond acceptors (Lipinski definition) is 0. The van der Waals surface area contributed by atoms with E-state index in [1.807, 2.05) is 0 Å². The number of hydrogen-bond donors (Lipinski definition) is 0. The van der Waals surface area contributed by atoms with Crippen LogP contribution >= 0.6 is 0 Å². The second-order valence-corrected chi connectivity index (χ2v) is 17.9. The Kier molecular flexibility index (Phi) is 5.38. The Bertz CT molecular complexity index is 460. The van der Waals surface area contributed by atoms with Crippen molar-refractivity contribution in [1.29, 1.82) is 0 Å². The molecule has 4 atom stereocenters. The lowest BCUT2D eigenvalue weighted by molar-refractivity contribution is 1.03. The molecule has 0 nitrogen and oxygen atoms in total. The van der Waals surface area contributed by atoms with Gasteiger partial charge in [0, 0.05) is 16.6 Å². The van der Waals surface area contributed by atoms with Crippen molar-refractivity contribution in [1.82, 2.24) is 0 Å². The summed E-state index contributed by atoms with van der Waals surface area (Å²) >= 11 is 0. The summed E-state index contributed by atoms with van der Waals surface area (Å²) in [6.45, 7) is 10.1. The van der Waals surface area contributed by atoms with Gasteiger partial charge in [0.05, 0.1) is 0 Å². The molecule has 4 unspecified atom stereocenters. The molecule has 0 heterocycles. The fourth-order valence-corrected chi connectivity index (χ4v) is 13.3. The fourth-order valence-electron chi connectivity index (χ4n) is 3.03. The zero-order chi connectivity index (χ0) is 14.5. The van der Waals surface area contributed by atoms with Crippen molar-refractivity contribution < 1.29 is 0 Å². The van der Waals surface area contributed by atoms with Gasteiger partial charge in [-0.05, 0) is 22.2 Å². The van der Waals surface area contributed by atoms with Gasteiger partial charge in [-0.2, -0.15) is 0 Å². The monoisotopic (exact) mass is 298 g/mol. The van der Waals surface area contributed by atoms with Crippen molar-refractivity contribution in [2.24, 2.45) is 0 Å². The van der Waals surface area contributed by atoms with Gasteiger partial charge in [0.15, 0.2) is 0 Å². The van der Waals surface area contributed by atoms with E-state index in [1.54, 1.807) is 11.1 Å². The summed E-state index contributed by atoms with van der Waals surface area (Å²) < 4.78 is 0. The molecule has 0 saturated heterocycles. The second kappa shape index (κ2) is 7.05. The first-order chi connectivity index (χ1) is 9.61. The van der Waals surface area contributed by atoms with Gasteiger partial charge in [-0.3, -0.25) is 0 Å². The van der Waals surface area contributed by atoms with Gasteiger partial charge in [0.2, 0.25) is 0 Å². The highest BCUT2D eigenvalue weighted by molar-refractivity contribution is 7.22. The zero-order valence-corrected chi connectivity index (χ0v) is 15.4. The predicted molar refractivity (Wildman–Crippen MR) is 95.7 cm³/mol. The SMILES string of the molecule is CC(c1ccccc1)[SiH](C)[SiH](C)C(C)c1ccccc1. The largest absolute Gasteiger partial charge is 0.0736 e. The molecule has 0 aliphatic carbocycles. The van der Waals surface area contributed by atoms with E-state index in [1.165, 1.54) is 0 Å². The van der Waals surface area contributed by atoms with Gasteiger partial charge < -0.3 is 0 Å². The Hall–Kier alpha value is -1.13. The van der Waals surface area contributed by atoms with Crippen molar-refractivity contribution in [3.8, 4) is 0 Å². The van der Waals surface area contributed by atoms with Crippen LogP contribution in [0.2, 0.25) is 13.1 Å². The van der Waals surface area contributed by atoms with E-state index in [9.17, 15) is 0 Å². The van der Waals surface area contributed by atoms with Crippen molar-refractivity contribution in [3.63, 3.8) is 0 Å². The Morgan fingerprint density at radius 1 is 0.600 bits per heavy atom. The van der Waals surface area contributed by atoms with Crippen LogP contribution < -0.4 is 0 Å². The minimum Gasteiger partial charge on any atom is -0.0736 e. The standard InChI is InChI=1S/C18H26Si2/c1-15(17-11-7-5-8-12-17)19(3)20(4)16(2)18-13-9-6-10-14-18/h5-16,19-20H,1-4H3. The van der Waals surface area contributed by atoms with Crippen LogP contribution in [-0.4, -0.2) is 16.6 Å². The summed E-state index contributed by atoms with van der Waals surface area (Å²) in [5.41, 5.74) is 4.69. The lowest BCUT2D eigenvalue weighted by Gasteiger charge is -2.29. The predicted octanol–water partition coefficient (Wildman–Crippen LogP) is 4.46. The van der Waals surface area contributed by atoms with Crippen molar-refractivity contribution >= 4 is 16.6 Å². The molecule has 0 saturated carbocycles. The molecule has 2 aromatic carbocycles. The molecule has 0 radical (unpaired) electrons. The van der Waals surface area contributed by atoms with Crippen LogP contribution in [0.3, 0.4) is 0 Å². The highest BCUT2D eigenvalue weighted by atomic mass is 29.2. The van der Waals surface area contributed by atoms with Crippen molar-refractivity contribution in [2.45, 2.75) is 38.0 Å². The molecule has 0 aliphatic rings. The molecule has 2 aromatic rings. The maximum Gasteiger partial charge on any atom is 0.0336 e. The van der Waals surface area contributed by atoms with Gasteiger partial charge in [-0.15, -0.1) is 0 Å². The normalized spacial score (nSPS) is 17.2. The van der Waals surface area contributed by atoms with Crippen molar-refractivity contribution in [2.75, 3.05) is 0 Å². The van der Waals surface area contributed by atoms with Crippen LogP contribution in [0.5, 0.6) is 0 Å². The minimum atomic E-state index is -0.706. The molecule has 2 rings (SSSR count). The van der Waals surface area contributed by atoms with Gasteiger partial charge in [0.25, 0.3) is 0 Å². The maximum absolute atomic E-state index is 2.59. The summed E-state index contributed by atoms with van der Waals surface area (Å²) in [7, 11) is -1.41. The fraction of sp³-hybridized carbons (Fsp3) is 0.333. The molecule has 0 N–H and O–H groups in total. The van der Waals surface area contributed by atoms with Crippen molar-refractivity contribution in [3.05, 3.63) is 71.8 Å². The quantitative estimate of drug-likeness (QED) is 0.715. The van der Waals surface area contributed by atoms with E-state index >= 15 is 0 Å². The third-order valence-electron chi connectivity index (χ3n) is 5.06. The number of rotatable bonds is 5. The minimum absolute atomic E-state index is 0.706. The third-order valence-corrected chi connectivity index (χ3v) is 19.1. The topological polar surface area (TPSA) is 0 Å². The second-order valence-electron chi connectivity index (χ2n) is 6.12. The molecular weight excluding hydrogens is 272 g/mol. The molecule has 0 fully saturated rings. The Balaban J connectivity index is 2.10. The zero-order valence-electron chi connectivity index (χ0n) is 13.1. The van der Waals surface area contributed by atoms with Crippen LogP contribution in [0, 0.1) is 0 Å². The number of benzene rings is 2. The van der Waals surface area contributed by atoms with E-state index in [-0.39, 0.29) is 0 Å². The first kappa shape index (κ1) is 15.3. The molecule has 0 aromatic heterocycles. The highest BCUT2D eigenvalue weighted by Crippen LogP contribution is 2.26. The van der Waals surface area contributed by atoms with E-state index in [4.69, 9.17) is 0 Å². The third kappa shape index (κ3) is 3.50. The summed E-state index contributed by atoms with van der Waals surface area (Å²) in [5, 5.41) is 0. The van der Waals surface area contributed by atoms with Crippen LogP contribution in [0.4, 0.5) is 0 Å². The molecule has 0 aliphatic heterocycles. The molecule has 0 spiro atoms. The summed E-state index contributed by atoms with van der Waals surface area (Å²) in [6.07, 6.45) is 0. The Labute approximate surface area is 126 Å². The molecule has 0 bridgehead atoms. The molecule has 106 valence electrons. The van der Waals surface area contributed by atoms with E-state index in [0.717, 1.165) is 11.1 Å². The van der Waals surface area contributed by atoms with Gasteiger partial charge >= 0.3 is 0 Å². The van der Waals surface area contributed by atoms with E-state index in [0.29, 0.717) is 0 Å². The Morgan fingerprint density at radius 2 is 0.900 bits per heavy atom. The smallest absolute Gasteiger partial charge is 0.0336 e. The van der Waals surface area contributed by atoms with Gasteiger partial charge in [0.1, 0.15) is 0 Å². The van der Waals surface area contributed by atoms with Crippen LogP contribution in [0.1, 0.15) is 36.1 Å². The lowest BCUT2D eigenvalue weighted by Crippen LogP contribution is -2.39.